The topological polar surface area (TPSA) is 64.2 Å². The highest BCUT2D eigenvalue weighted by Gasteiger charge is 2.16. The Kier molecular flexibility index (Phi) is 3.74. The summed E-state index contributed by atoms with van der Waals surface area (Å²) in [5, 5.41) is 8.26. The van der Waals surface area contributed by atoms with Crippen molar-refractivity contribution in [3.05, 3.63) is 39.7 Å². The second-order valence-electron chi connectivity index (χ2n) is 5.63. The average Bonchev–Trinajstić information content (AvgIpc) is 3.13. The molecular formula is C15H19N5OS. The van der Waals surface area contributed by atoms with Crippen molar-refractivity contribution in [2.75, 3.05) is 0 Å². The lowest BCUT2D eigenvalue weighted by Crippen LogP contribution is -2.22. The predicted molar refractivity (Wildman–Crippen MR) is 86.3 cm³/mol. The van der Waals surface area contributed by atoms with Crippen molar-refractivity contribution in [3.63, 3.8) is 0 Å². The van der Waals surface area contributed by atoms with E-state index in [9.17, 15) is 4.79 Å². The van der Waals surface area contributed by atoms with Crippen LogP contribution in [-0.2, 0) is 13.6 Å². The predicted octanol–water partition coefficient (Wildman–Crippen LogP) is 2.49. The molecular weight excluding hydrogens is 298 g/mol. The van der Waals surface area contributed by atoms with Gasteiger partial charge in [0, 0.05) is 30.2 Å². The Balaban J connectivity index is 1.76. The summed E-state index contributed by atoms with van der Waals surface area (Å²) in [6, 6.07) is 0. The highest BCUT2D eigenvalue weighted by Crippen LogP contribution is 2.24. The van der Waals surface area contributed by atoms with Gasteiger partial charge in [0.1, 0.15) is 11.2 Å². The van der Waals surface area contributed by atoms with Crippen LogP contribution < -0.4 is 5.32 Å². The lowest BCUT2D eigenvalue weighted by molar-refractivity contribution is 0.0952. The van der Waals surface area contributed by atoms with Gasteiger partial charge in [0.15, 0.2) is 0 Å². The first kappa shape index (κ1) is 14.8. The molecule has 0 aliphatic rings. The summed E-state index contributed by atoms with van der Waals surface area (Å²) in [5.41, 5.74) is 2.37. The van der Waals surface area contributed by atoms with Gasteiger partial charge in [-0.25, -0.2) is 9.50 Å². The molecule has 0 saturated carbocycles. The van der Waals surface area contributed by atoms with Crippen molar-refractivity contribution < 1.29 is 4.79 Å². The molecule has 22 heavy (non-hydrogen) atoms. The number of nitrogens with zero attached hydrogens (tertiary/aromatic N) is 4. The van der Waals surface area contributed by atoms with Crippen LogP contribution in [0.15, 0.2) is 18.6 Å². The van der Waals surface area contributed by atoms with Crippen LogP contribution in [0.2, 0.25) is 0 Å². The number of aromatic nitrogens is 4. The van der Waals surface area contributed by atoms with Crippen molar-refractivity contribution in [1.82, 2.24) is 24.5 Å². The van der Waals surface area contributed by atoms with Crippen LogP contribution in [0.5, 0.6) is 0 Å². The van der Waals surface area contributed by atoms with E-state index in [0.717, 1.165) is 21.2 Å². The van der Waals surface area contributed by atoms with Crippen molar-refractivity contribution in [2.24, 2.45) is 7.05 Å². The number of thiazole rings is 1. The number of nitrogens with one attached hydrogen (secondary N) is 1. The van der Waals surface area contributed by atoms with Crippen LogP contribution in [-0.4, -0.2) is 25.1 Å². The first-order valence-corrected chi connectivity index (χ1v) is 8.02. The van der Waals surface area contributed by atoms with E-state index in [4.69, 9.17) is 0 Å². The van der Waals surface area contributed by atoms with Gasteiger partial charge >= 0.3 is 0 Å². The van der Waals surface area contributed by atoms with Crippen molar-refractivity contribution >= 4 is 22.9 Å². The zero-order valence-electron chi connectivity index (χ0n) is 13.1. The molecule has 3 heterocycles. The molecule has 0 aliphatic heterocycles. The standard InChI is InChI=1S/C15H19N5OS/c1-9(2)14-18-10(3)12(22-14)8-16-13(21)11-7-17-20-6-5-19(4)15(11)20/h5-7,9H,8H2,1-4H3,(H,16,21). The van der Waals surface area contributed by atoms with Gasteiger partial charge in [0.25, 0.3) is 5.91 Å². The quantitative estimate of drug-likeness (QED) is 0.804. The molecule has 1 N–H and O–H groups in total. The third-order valence-electron chi connectivity index (χ3n) is 3.59. The molecule has 0 spiro atoms. The van der Waals surface area contributed by atoms with Gasteiger partial charge in [-0.2, -0.15) is 5.10 Å². The SMILES string of the molecule is Cc1nc(C(C)C)sc1CNC(=O)c1cnn2ccn(C)c12. The average molecular weight is 317 g/mol. The van der Waals surface area contributed by atoms with Crippen LogP contribution in [0.3, 0.4) is 0 Å². The molecule has 0 aromatic carbocycles. The van der Waals surface area contributed by atoms with Crippen LogP contribution in [0, 0.1) is 6.92 Å². The first-order chi connectivity index (χ1) is 10.5. The number of imidazole rings is 1. The van der Waals surface area contributed by atoms with Gasteiger partial charge in [0.05, 0.1) is 23.4 Å². The summed E-state index contributed by atoms with van der Waals surface area (Å²) >= 11 is 1.66. The Morgan fingerprint density at radius 1 is 1.41 bits per heavy atom. The third kappa shape index (κ3) is 2.52. The molecule has 3 aromatic heterocycles. The van der Waals surface area contributed by atoms with E-state index in [0.29, 0.717) is 18.0 Å². The molecule has 7 heteroatoms. The molecule has 0 aliphatic carbocycles. The molecule has 1 amide bonds. The number of carbonyl (C=O) groups excluding carboxylic acids is 1. The Labute approximate surface area is 132 Å². The second-order valence-corrected chi connectivity index (χ2v) is 6.75. The van der Waals surface area contributed by atoms with Gasteiger partial charge in [0.2, 0.25) is 0 Å². The first-order valence-electron chi connectivity index (χ1n) is 7.20. The monoisotopic (exact) mass is 317 g/mol. The van der Waals surface area contributed by atoms with E-state index in [1.54, 1.807) is 22.0 Å². The van der Waals surface area contributed by atoms with Crippen LogP contribution >= 0.6 is 11.3 Å². The lowest BCUT2D eigenvalue weighted by Gasteiger charge is -2.03. The van der Waals surface area contributed by atoms with Gasteiger partial charge < -0.3 is 9.88 Å². The highest BCUT2D eigenvalue weighted by atomic mass is 32.1. The number of aryl methyl sites for hydroxylation is 2. The molecule has 0 bridgehead atoms. The fourth-order valence-corrected chi connectivity index (χ4v) is 3.34. The molecule has 116 valence electrons. The fourth-order valence-electron chi connectivity index (χ4n) is 2.33. The van der Waals surface area contributed by atoms with Crippen LogP contribution in [0.1, 0.15) is 45.7 Å². The van der Waals surface area contributed by atoms with E-state index in [1.807, 2.05) is 30.9 Å². The molecule has 0 radical (unpaired) electrons. The summed E-state index contributed by atoms with van der Waals surface area (Å²) in [7, 11) is 1.90. The second kappa shape index (κ2) is 5.57. The molecule has 3 aromatic rings. The van der Waals surface area contributed by atoms with Gasteiger partial charge in [-0.05, 0) is 6.92 Å². The fraction of sp³-hybridized carbons (Fsp3) is 0.400. The number of rotatable bonds is 4. The molecule has 6 nitrogen and oxygen atoms in total. The Bertz CT molecular complexity index is 826. The summed E-state index contributed by atoms with van der Waals surface area (Å²) in [4.78, 5) is 18.1. The molecule has 0 atom stereocenters. The van der Waals surface area contributed by atoms with Crippen molar-refractivity contribution in [3.8, 4) is 0 Å². The maximum atomic E-state index is 12.4. The summed E-state index contributed by atoms with van der Waals surface area (Å²) in [6.45, 7) is 6.73. The number of carbonyl (C=O) groups is 1. The molecule has 0 fully saturated rings. The molecule has 0 unspecified atom stereocenters. The summed E-state index contributed by atoms with van der Waals surface area (Å²) in [5.74, 6) is 0.294. The number of fused-ring (bicyclic) bond motifs is 1. The number of hydrogen-bond acceptors (Lipinski definition) is 4. The minimum absolute atomic E-state index is 0.115. The molecule has 3 rings (SSSR count). The maximum Gasteiger partial charge on any atom is 0.256 e. The minimum atomic E-state index is -0.115. The largest absolute Gasteiger partial charge is 0.347 e. The van der Waals surface area contributed by atoms with Gasteiger partial charge in [-0.3, -0.25) is 4.79 Å². The summed E-state index contributed by atoms with van der Waals surface area (Å²) in [6.07, 6.45) is 5.31. The van der Waals surface area contributed by atoms with Crippen LogP contribution in [0.25, 0.3) is 5.65 Å². The Hall–Kier alpha value is -2.15. The van der Waals surface area contributed by atoms with E-state index < -0.39 is 0 Å². The van der Waals surface area contributed by atoms with E-state index in [-0.39, 0.29) is 5.91 Å². The van der Waals surface area contributed by atoms with Gasteiger partial charge in [-0.15, -0.1) is 11.3 Å². The number of amides is 1. The maximum absolute atomic E-state index is 12.4. The van der Waals surface area contributed by atoms with E-state index in [1.165, 1.54) is 0 Å². The van der Waals surface area contributed by atoms with E-state index in [2.05, 4.69) is 29.2 Å². The smallest absolute Gasteiger partial charge is 0.256 e. The summed E-state index contributed by atoms with van der Waals surface area (Å²) < 4.78 is 3.58. The minimum Gasteiger partial charge on any atom is -0.347 e. The normalized spacial score (nSPS) is 11.5. The van der Waals surface area contributed by atoms with Crippen molar-refractivity contribution in [1.29, 1.82) is 0 Å². The lowest BCUT2D eigenvalue weighted by atomic mass is 10.2. The number of hydrogen-bond donors (Lipinski definition) is 1. The third-order valence-corrected chi connectivity index (χ3v) is 5.05. The van der Waals surface area contributed by atoms with Crippen molar-refractivity contribution in [2.45, 2.75) is 33.2 Å². The zero-order chi connectivity index (χ0) is 15.9. The highest BCUT2D eigenvalue weighted by molar-refractivity contribution is 7.11. The van der Waals surface area contributed by atoms with Crippen LogP contribution in [0.4, 0.5) is 0 Å². The molecule has 0 saturated heterocycles. The van der Waals surface area contributed by atoms with E-state index >= 15 is 0 Å². The Morgan fingerprint density at radius 3 is 2.86 bits per heavy atom. The zero-order valence-corrected chi connectivity index (χ0v) is 13.9. The Morgan fingerprint density at radius 2 is 2.18 bits per heavy atom. The van der Waals surface area contributed by atoms with Gasteiger partial charge in [-0.1, -0.05) is 13.8 Å².